The molecule has 2 saturated carbocycles. The highest BCUT2D eigenvalue weighted by molar-refractivity contribution is 6.14. The highest BCUT2D eigenvalue weighted by Gasteiger charge is 2.85. The van der Waals surface area contributed by atoms with Crippen molar-refractivity contribution in [2.75, 3.05) is 0 Å². The molecule has 4 aliphatic carbocycles. The summed E-state index contributed by atoms with van der Waals surface area (Å²) in [5, 5.41) is 20.8. The Labute approximate surface area is 222 Å². The molecule has 38 heavy (non-hydrogen) atoms. The zero-order chi connectivity index (χ0) is 28.4. The van der Waals surface area contributed by atoms with Crippen LogP contribution in [0.4, 0.5) is 0 Å². The fourth-order valence-corrected chi connectivity index (χ4v) is 8.82. The molecule has 0 radical (unpaired) electrons. The van der Waals surface area contributed by atoms with Crippen LogP contribution in [0.1, 0.15) is 80.6 Å². The molecule has 8 atom stereocenters. The van der Waals surface area contributed by atoms with Gasteiger partial charge in [-0.2, -0.15) is 0 Å². The number of hydrogen-bond acceptors (Lipinski definition) is 7. The van der Waals surface area contributed by atoms with Gasteiger partial charge < -0.3 is 14.9 Å². The molecule has 206 valence electrons. The van der Waals surface area contributed by atoms with Gasteiger partial charge in [0.15, 0.2) is 11.6 Å². The summed E-state index contributed by atoms with van der Waals surface area (Å²) in [6.07, 6.45) is 3.48. The van der Waals surface area contributed by atoms with E-state index in [0.717, 1.165) is 5.57 Å². The van der Waals surface area contributed by atoms with Gasteiger partial charge in [0, 0.05) is 24.7 Å². The predicted molar refractivity (Wildman–Crippen MR) is 136 cm³/mol. The number of hydrogen-bond donors (Lipinski definition) is 2. The number of carbonyl (C=O) groups excluding carboxylic acids is 4. The molecule has 2 N–H and O–H groups in total. The Morgan fingerprint density at radius 3 is 2.34 bits per heavy atom. The van der Waals surface area contributed by atoms with Crippen LogP contribution >= 0.6 is 0 Å². The standard InChI is InChI=1S/C30H38O8/c1-15(24(35)36)10-16(31)14-27(5,37)19-12-22(34)29(7)28(19,6)21(33)11-18-26(4)9-8-20(32)25(2,3)17(26)13-23-30(18,29)38-23/h11-12,15,17,23,37H,8-10,13-14H2,1-7H3,(H,35,36). The molecule has 0 bridgehead atoms. The number of carboxylic acid groups (broad SMARTS) is 1. The number of rotatable bonds is 6. The van der Waals surface area contributed by atoms with Gasteiger partial charge in [0.05, 0.1) is 28.5 Å². The molecule has 5 aliphatic rings. The SMILES string of the molecule is CC(CC(=O)CC(C)(O)C1=CC(=O)C2(C)C1(C)C(=O)C=C1C3(C)CCC(=O)C(C)(C)C3CC3OC132)C(=O)O. The van der Waals surface area contributed by atoms with E-state index in [9.17, 15) is 34.2 Å². The summed E-state index contributed by atoms with van der Waals surface area (Å²) in [5.74, 6) is -2.97. The quantitative estimate of drug-likeness (QED) is 0.502. The molecule has 0 amide bonds. The molecule has 3 fully saturated rings. The third kappa shape index (κ3) is 2.96. The lowest BCUT2D eigenvalue weighted by Gasteiger charge is -2.59. The Morgan fingerprint density at radius 2 is 1.74 bits per heavy atom. The number of aliphatic carboxylic acids is 1. The average Bonchev–Trinajstić information content (AvgIpc) is 3.48. The number of Topliss-reactive ketones (excluding diaryl/α,β-unsaturated/α-hetero) is 2. The van der Waals surface area contributed by atoms with Crippen molar-refractivity contribution in [3.8, 4) is 0 Å². The van der Waals surface area contributed by atoms with Crippen LogP contribution in [0.5, 0.6) is 0 Å². The molecule has 8 heteroatoms. The summed E-state index contributed by atoms with van der Waals surface area (Å²) in [6, 6.07) is 0. The average molecular weight is 527 g/mol. The van der Waals surface area contributed by atoms with E-state index < -0.39 is 57.0 Å². The zero-order valence-electron chi connectivity index (χ0n) is 23.3. The highest BCUT2D eigenvalue weighted by Crippen LogP contribution is 2.78. The van der Waals surface area contributed by atoms with Gasteiger partial charge in [0.2, 0.25) is 0 Å². The number of ketones is 4. The van der Waals surface area contributed by atoms with Crippen LogP contribution in [0.25, 0.3) is 0 Å². The Kier molecular flexibility index (Phi) is 5.42. The molecule has 1 spiro atoms. The van der Waals surface area contributed by atoms with E-state index in [0.29, 0.717) is 19.3 Å². The summed E-state index contributed by atoms with van der Waals surface area (Å²) in [5.41, 5.74) is -5.77. The second-order valence-corrected chi connectivity index (χ2v) is 13.7. The van der Waals surface area contributed by atoms with Crippen molar-refractivity contribution in [2.24, 2.45) is 33.5 Å². The highest BCUT2D eigenvalue weighted by atomic mass is 16.6. The lowest BCUT2D eigenvalue weighted by Crippen LogP contribution is -2.65. The van der Waals surface area contributed by atoms with Crippen molar-refractivity contribution in [1.82, 2.24) is 0 Å². The van der Waals surface area contributed by atoms with E-state index in [1.165, 1.54) is 19.9 Å². The normalized spacial score (nSPS) is 43.0. The molecule has 8 unspecified atom stereocenters. The van der Waals surface area contributed by atoms with Crippen LogP contribution in [0, 0.1) is 33.5 Å². The number of fused-ring (bicyclic) bond motifs is 3. The van der Waals surface area contributed by atoms with E-state index in [1.54, 1.807) is 19.9 Å². The van der Waals surface area contributed by atoms with E-state index in [4.69, 9.17) is 4.74 Å². The largest absolute Gasteiger partial charge is 0.481 e. The van der Waals surface area contributed by atoms with Crippen LogP contribution in [-0.2, 0) is 28.7 Å². The van der Waals surface area contributed by atoms with E-state index in [1.807, 2.05) is 13.8 Å². The molecular weight excluding hydrogens is 488 g/mol. The lowest BCUT2D eigenvalue weighted by molar-refractivity contribution is -0.149. The summed E-state index contributed by atoms with van der Waals surface area (Å²) in [7, 11) is 0. The lowest BCUT2D eigenvalue weighted by atomic mass is 9.40. The van der Waals surface area contributed by atoms with Crippen molar-refractivity contribution < 1.29 is 38.9 Å². The third-order valence-electron chi connectivity index (χ3n) is 11.3. The van der Waals surface area contributed by atoms with Gasteiger partial charge in [-0.05, 0) is 68.2 Å². The maximum absolute atomic E-state index is 14.2. The number of ether oxygens (including phenoxy) is 1. The van der Waals surface area contributed by atoms with Crippen LogP contribution in [-0.4, -0.2) is 56.6 Å². The first kappa shape index (κ1) is 27.1. The first-order chi connectivity index (χ1) is 17.3. The second kappa shape index (κ2) is 7.60. The van der Waals surface area contributed by atoms with E-state index in [2.05, 4.69) is 6.92 Å². The summed E-state index contributed by atoms with van der Waals surface area (Å²) in [6.45, 7) is 12.3. The summed E-state index contributed by atoms with van der Waals surface area (Å²) < 4.78 is 6.48. The molecule has 8 nitrogen and oxygen atoms in total. The van der Waals surface area contributed by atoms with Gasteiger partial charge >= 0.3 is 5.97 Å². The fourth-order valence-electron chi connectivity index (χ4n) is 8.82. The number of aliphatic hydroxyl groups is 1. The van der Waals surface area contributed by atoms with Gasteiger partial charge in [-0.3, -0.25) is 24.0 Å². The molecular formula is C30H38O8. The fraction of sp³-hybridized carbons (Fsp3) is 0.700. The van der Waals surface area contributed by atoms with Crippen molar-refractivity contribution in [1.29, 1.82) is 0 Å². The van der Waals surface area contributed by atoms with Crippen molar-refractivity contribution in [2.45, 2.75) is 97.9 Å². The van der Waals surface area contributed by atoms with Gasteiger partial charge in [-0.1, -0.05) is 27.7 Å². The van der Waals surface area contributed by atoms with Crippen molar-refractivity contribution in [3.05, 3.63) is 23.3 Å². The Bertz CT molecular complexity index is 1270. The Balaban J connectivity index is 1.58. The van der Waals surface area contributed by atoms with Crippen molar-refractivity contribution in [3.63, 3.8) is 0 Å². The van der Waals surface area contributed by atoms with E-state index in [-0.39, 0.29) is 41.4 Å². The number of allylic oxidation sites excluding steroid dienone is 2. The summed E-state index contributed by atoms with van der Waals surface area (Å²) in [4.78, 5) is 64.9. The zero-order valence-corrected chi connectivity index (χ0v) is 23.3. The number of carbonyl (C=O) groups is 5. The number of carboxylic acids is 1. The smallest absolute Gasteiger partial charge is 0.306 e. The van der Waals surface area contributed by atoms with Gasteiger partial charge in [-0.25, -0.2) is 0 Å². The molecule has 0 aromatic rings. The molecule has 0 aromatic heterocycles. The van der Waals surface area contributed by atoms with E-state index >= 15 is 0 Å². The van der Waals surface area contributed by atoms with Crippen LogP contribution in [0.15, 0.2) is 23.3 Å². The first-order valence-corrected chi connectivity index (χ1v) is 13.5. The van der Waals surface area contributed by atoms with Crippen LogP contribution in [0.2, 0.25) is 0 Å². The minimum Gasteiger partial charge on any atom is -0.481 e. The van der Waals surface area contributed by atoms with Gasteiger partial charge in [0.1, 0.15) is 17.2 Å². The summed E-state index contributed by atoms with van der Waals surface area (Å²) >= 11 is 0. The van der Waals surface area contributed by atoms with Crippen molar-refractivity contribution >= 4 is 29.1 Å². The van der Waals surface area contributed by atoms with Gasteiger partial charge in [0.25, 0.3) is 0 Å². The third-order valence-corrected chi connectivity index (χ3v) is 11.3. The minimum atomic E-state index is -1.83. The molecule has 1 saturated heterocycles. The molecule has 5 rings (SSSR count). The van der Waals surface area contributed by atoms with Crippen LogP contribution in [0.3, 0.4) is 0 Å². The Morgan fingerprint density at radius 1 is 1.11 bits per heavy atom. The minimum absolute atomic E-state index is 0.0373. The predicted octanol–water partition coefficient (Wildman–Crippen LogP) is 3.39. The second-order valence-electron chi connectivity index (χ2n) is 13.7. The monoisotopic (exact) mass is 526 g/mol. The van der Waals surface area contributed by atoms with Gasteiger partial charge in [-0.15, -0.1) is 0 Å². The molecule has 0 aromatic carbocycles. The maximum atomic E-state index is 14.2. The Hall–Kier alpha value is -2.45. The molecule has 1 aliphatic heterocycles. The first-order valence-electron chi connectivity index (χ1n) is 13.5. The maximum Gasteiger partial charge on any atom is 0.306 e. The molecule has 1 heterocycles. The topological polar surface area (TPSA) is 138 Å². The van der Waals surface area contributed by atoms with Crippen LogP contribution < -0.4 is 0 Å². The number of epoxide rings is 1.